The number of ether oxygens (including phenoxy) is 2. The number of carbonyl (C=O) groups is 2. The summed E-state index contributed by atoms with van der Waals surface area (Å²) < 4.78 is 11.5. The van der Waals surface area contributed by atoms with Crippen molar-refractivity contribution >= 4 is 11.8 Å². The van der Waals surface area contributed by atoms with Gasteiger partial charge in [-0.3, -0.25) is 9.59 Å². The topological polar surface area (TPSA) is 76.7 Å². The van der Waals surface area contributed by atoms with Gasteiger partial charge in [0.05, 0.1) is 0 Å². The third kappa shape index (κ3) is 10.3. The summed E-state index contributed by atoms with van der Waals surface area (Å²) in [6, 6.07) is 15.8. The van der Waals surface area contributed by atoms with Gasteiger partial charge in [0.1, 0.15) is 11.5 Å². The SMILES string of the molecule is CC(Oc1ccc(C(C)C)cc1)C(=O)NCCCCCCNC(=O)C(C)Oc1ccc(C(C)C)cc1. The minimum atomic E-state index is -0.539. The van der Waals surface area contributed by atoms with Crippen LogP contribution in [-0.2, 0) is 9.59 Å². The summed E-state index contributed by atoms with van der Waals surface area (Å²) in [6.45, 7) is 13.3. The second-order valence-corrected chi connectivity index (χ2v) is 9.96. The first-order valence-corrected chi connectivity index (χ1v) is 13.3. The number of benzene rings is 2. The molecule has 198 valence electrons. The third-order valence-electron chi connectivity index (χ3n) is 6.16. The molecule has 0 saturated heterocycles. The highest BCUT2D eigenvalue weighted by Gasteiger charge is 2.15. The number of carbonyl (C=O) groups excluding carboxylic acids is 2. The van der Waals surface area contributed by atoms with Gasteiger partial charge >= 0.3 is 0 Å². The molecule has 0 aliphatic rings. The summed E-state index contributed by atoms with van der Waals surface area (Å²) in [7, 11) is 0. The van der Waals surface area contributed by atoms with Crippen LogP contribution in [0.4, 0.5) is 0 Å². The first-order valence-electron chi connectivity index (χ1n) is 13.3. The highest BCUT2D eigenvalue weighted by Crippen LogP contribution is 2.20. The first-order chi connectivity index (χ1) is 17.2. The lowest BCUT2D eigenvalue weighted by molar-refractivity contribution is -0.128. The van der Waals surface area contributed by atoms with Crippen molar-refractivity contribution < 1.29 is 19.1 Å². The van der Waals surface area contributed by atoms with E-state index in [4.69, 9.17) is 9.47 Å². The average molecular weight is 497 g/mol. The van der Waals surface area contributed by atoms with Crippen molar-refractivity contribution in [3.05, 3.63) is 59.7 Å². The highest BCUT2D eigenvalue weighted by atomic mass is 16.5. The van der Waals surface area contributed by atoms with Gasteiger partial charge in [-0.2, -0.15) is 0 Å². The van der Waals surface area contributed by atoms with Crippen LogP contribution in [0.15, 0.2) is 48.5 Å². The van der Waals surface area contributed by atoms with Crippen LogP contribution in [0.1, 0.15) is 90.2 Å². The Morgan fingerprint density at radius 1 is 0.583 bits per heavy atom. The summed E-state index contributed by atoms with van der Waals surface area (Å²) >= 11 is 0. The number of unbranched alkanes of at least 4 members (excludes halogenated alkanes) is 3. The summed E-state index contributed by atoms with van der Waals surface area (Å²) in [5, 5.41) is 5.88. The molecule has 6 nitrogen and oxygen atoms in total. The van der Waals surface area contributed by atoms with E-state index in [1.165, 1.54) is 11.1 Å². The zero-order chi connectivity index (χ0) is 26.5. The Bertz CT molecular complexity index is 845. The predicted octanol–water partition coefficient (Wildman–Crippen LogP) is 5.96. The number of hydrogen-bond donors (Lipinski definition) is 2. The number of hydrogen-bond acceptors (Lipinski definition) is 4. The van der Waals surface area contributed by atoms with Crippen LogP contribution < -0.4 is 20.1 Å². The summed E-state index contributed by atoms with van der Waals surface area (Å²) in [5.74, 6) is 2.12. The van der Waals surface area contributed by atoms with Crippen molar-refractivity contribution in [3.8, 4) is 11.5 Å². The Morgan fingerprint density at radius 2 is 0.917 bits per heavy atom. The Labute approximate surface area is 217 Å². The molecule has 6 heteroatoms. The Morgan fingerprint density at radius 3 is 1.22 bits per heavy atom. The molecule has 2 atom stereocenters. The lowest BCUT2D eigenvalue weighted by Gasteiger charge is -2.16. The maximum absolute atomic E-state index is 12.3. The van der Waals surface area contributed by atoms with Crippen LogP contribution in [0, 0.1) is 0 Å². The van der Waals surface area contributed by atoms with E-state index in [0.29, 0.717) is 36.4 Å². The van der Waals surface area contributed by atoms with Gasteiger partial charge < -0.3 is 20.1 Å². The fourth-order valence-corrected chi connectivity index (χ4v) is 3.69. The van der Waals surface area contributed by atoms with E-state index < -0.39 is 12.2 Å². The minimum absolute atomic E-state index is 0.108. The van der Waals surface area contributed by atoms with Crippen LogP contribution in [-0.4, -0.2) is 37.1 Å². The lowest BCUT2D eigenvalue weighted by atomic mass is 10.0. The van der Waals surface area contributed by atoms with Gasteiger partial charge in [0.15, 0.2) is 12.2 Å². The minimum Gasteiger partial charge on any atom is -0.481 e. The fourth-order valence-electron chi connectivity index (χ4n) is 3.69. The third-order valence-corrected chi connectivity index (χ3v) is 6.16. The van der Waals surface area contributed by atoms with Crippen molar-refractivity contribution in [3.63, 3.8) is 0 Å². The van der Waals surface area contributed by atoms with Crippen LogP contribution in [0.3, 0.4) is 0 Å². The molecule has 2 amide bonds. The van der Waals surface area contributed by atoms with Crippen molar-refractivity contribution in [1.29, 1.82) is 0 Å². The zero-order valence-electron chi connectivity index (χ0n) is 22.8. The molecule has 0 fully saturated rings. The van der Waals surface area contributed by atoms with Crippen molar-refractivity contribution in [2.24, 2.45) is 0 Å². The average Bonchev–Trinajstić information content (AvgIpc) is 2.85. The molecule has 0 heterocycles. The van der Waals surface area contributed by atoms with E-state index in [-0.39, 0.29) is 11.8 Å². The molecule has 0 aliphatic carbocycles. The molecule has 0 saturated carbocycles. The van der Waals surface area contributed by atoms with Gasteiger partial charge in [-0.1, -0.05) is 64.8 Å². The lowest BCUT2D eigenvalue weighted by Crippen LogP contribution is -2.37. The Hall–Kier alpha value is -3.02. The smallest absolute Gasteiger partial charge is 0.260 e. The van der Waals surface area contributed by atoms with Crippen LogP contribution >= 0.6 is 0 Å². The molecule has 0 aliphatic heterocycles. The monoisotopic (exact) mass is 496 g/mol. The van der Waals surface area contributed by atoms with Gasteiger partial charge in [-0.15, -0.1) is 0 Å². The molecular formula is C30H44N2O4. The fraction of sp³-hybridized carbons (Fsp3) is 0.533. The zero-order valence-corrected chi connectivity index (χ0v) is 22.8. The molecule has 2 aromatic carbocycles. The van der Waals surface area contributed by atoms with E-state index in [0.717, 1.165) is 25.7 Å². The first kappa shape index (κ1) is 29.2. The normalized spacial score (nSPS) is 12.8. The largest absolute Gasteiger partial charge is 0.481 e. The van der Waals surface area contributed by atoms with Gasteiger partial charge in [-0.25, -0.2) is 0 Å². The molecule has 0 aromatic heterocycles. The molecule has 0 spiro atoms. The van der Waals surface area contributed by atoms with E-state index in [9.17, 15) is 9.59 Å². The molecule has 0 bridgehead atoms. The molecule has 36 heavy (non-hydrogen) atoms. The van der Waals surface area contributed by atoms with Gasteiger partial charge in [0, 0.05) is 13.1 Å². The maximum Gasteiger partial charge on any atom is 0.260 e. The Balaban J connectivity index is 1.53. The standard InChI is InChI=1S/C30H44N2O4/c1-21(2)25-11-15-27(16-12-25)35-23(5)29(33)31-19-9-7-8-10-20-32-30(34)24(6)36-28-17-13-26(14-18-28)22(3)4/h11-18,21-24H,7-10,19-20H2,1-6H3,(H,31,33)(H,32,34). The summed E-state index contributed by atoms with van der Waals surface area (Å²) in [6.07, 6.45) is 2.67. The molecule has 2 N–H and O–H groups in total. The van der Waals surface area contributed by atoms with Crippen LogP contribution in [0.25, 0.3) is 0 Å². The quantitative estimate of drug-likeness (QED) is 0.298. The highest BCUT2D eigenvalue weighted by molar-refractivity contribution is 5.81. The predicted molar refractivity (Wildman–Crippen MR) is 146 cm³/mol. The molecule has 2 rings (SSSR count). The number of amides is 2. The van der Waals surface area contributed by atoms with E-state index in [2.05, 4.69) is 38.3 Å². The van der Waals surface area contributed by atoms with Crippen molar-refractivity contribution in [1.82, 2.24) is 10.6 Å². The molecule has 2 aromatic rings. The summed E-state index contributed by atoms with van der Waals surface area (Å²) in [5.41, 5.74) is 2.49. The van der Waals surface area contributed by atoms with E-state index in [1.807, 2.05) is 48.5 Å². The molecular weight excluding hydrogens is 452 g/mol. The van der Waals surface area contributed by atoms with Crippen molar-refractivity contribution in [2.75, 3.05) is 13.1 Å². The van der Waals surface area contributed by atoms with Gasteiger partial charge in [0.25, 0.3) is 11.8 Å². The Kier molecular flexibility index (Phi) is 12.3. The second-order valence-electron chi connectivity index (χ2n) is 9.96. The van der Waals surface area contributed by atoms with Crippen LogP contribution in [0.2, 0.25) is 0 Å². The van der Waals surface area contributed by atoms with Crippen LogP contribution in [0.5, 0.6) is 11.5 Å². The summed E-state index contributed by atoms with van der Waals surface area (Å²) in [4.78, 5) is 24.6. The number of rotatable bonds is 15. The van der Waals surface area contributed by atoms with Gasteiger partial charge in [0.2, 0.25) is 0 Å². The van der Waals surface area contributed by atoms with E-state index >= 15 is 0 Å². The second kappa shape index (κ2) is 15.2. The van der Waals surface area contributed by atoms with E-state index in [1.54, 1.807) is 13.8 Å². The van der Waals surface area contributed by atoms with Crippen molar-refractivity contribution in [2.45, 2.75) is 91.3 Å². The molecule has 0 radical (unpaired) electrons. The maximum atomic E-state index is 12.3. The number of nitrogens with one attached hydrogen (secondary N) is 2. The van der Waals surface area contributed by atoms with Gasteiger partial charge in [-0.05, 0) is 73.9 Å². The molecule has 2 unspecified atom stereocenters.